The molecule has 0 aliphatic carbocycles. The molecular weight excluding hydrogens is 342 g/mol. The highest BCUT2D eigenvalue weighted by Crippen LogP contribution is 2.22. The van der Waals surface area contributed by atoms with Gasteiger partial charge >= 0.3 is 0 Å². The van der Waals surface area contributed by atoms with Crippen molar-refractivity contribution < 1.29 is 0 Å². The molecule has 24 heavy (non-hydrogen) atoms. The first-order valence-corrected chi connectivity index (χ1v) is 8.24. The molecule has 0 aliphatic rings. The summed E-state index contributed by atoms with van der Waals surface area (Å²) in [6.07, 6.45) is 6.16. The lowest BCUT2D eigenvalue weighted by atomic mass is 10.1. The first kappa shape index (κ1) is 16.4. The summed E-state index contributed by atoms with van der Waals surface area (Å²) in [4.78, 5) is 7.38. The van der Waals surface area contributed by atoms with E-state index in [9.17, 15) is 0 Å². The molecule has 5 nitrogen and oxygen atoms in total. The Hall–Kier alpha value is -2.44. The van der Waals surface area contributed by atoms with Gasteiger partial charge in [-0.05, 0) is 54.5 Å². The zero-order chi connectivity index (χ0) is 16.8. The van der Waals surface area contributed by atoms with E-state index in [1.54, 1.807) is 12.4 Å². The Morgan fingerprint density at radius 2 is 2.25 bits per heavy atom. The Morgan fingerprint density at radius 3 is 3.08 bits per heavy atom. The number of halogens is 1. The van der Waals surface area contributed by atoms with Crippen molar-refractivity contribution in [3.8, 4) is 0 Å². The SMILES string of the molecule is S=C(NCCc1c[nH]c2ccc(Cl)cc12)N/N=C/c1ccccn1. The fourth-order valence-corrected chi connectivity index (χ4v) is 2.64. The molecule has 0 amide bonds. The Balaban J connectivity index is 1.48. The smallest absolute Gasteiger partial charge is 0.186 e. The molecule has 0 unspecified atom stereocenters. The molecule has 0 bridgehead atoms. The summed E-state index contributed by atoms with van der Waals surface area (Å²) in [5.41, 5.74) is 5.82. The third-order valence-corrected chi connectivity index (χ3v) is 3.93. The van der Waals surface area contributed by atoms with Crippen LogP contribution in [0.4, 0.5) is 0 Å². The van der Waals surface area contributed by atoms with Gasteiger partial charge in [0.1, 0.15) is 0 Å². The first-order chi connectivity index (χ1) is 11.7. The molecule has 0 radical (unpaired) electrons. The monoisotopic (exact) mass is 357 g/mol. The van der Waals surface area contributed by atoms with E-state index in [1.807, 2.05) is 42.6 Å². The maximum absolute atomic E-state index is 6.06. The lowest BCUT2D eigenvalue weighted by molar-refractivity contribution is 0.841. The lowest BCUT2D eigenvalue weighted by Gasteiger charge is -2.06. The third-order valence-electron chi connectivity index (χ3n) is 3.46. The summed E-state index contributed by atoms with van der Waals surface area (Å²) in [6, 6.07) is 11.4. The van der Waals surface area contributed by atoms with Crippen molar-refractivity contribution in [2.75, 3.05) is 6.54 Å². The van der Waals surface area contributed by atoms with Crippen LogP contribution in [0.1, 0.15) is 11.3 Å². The average molecular weight is 358 g/mol. The number of nitrogens with one attached hydrogen (secondary N) is 3. The highest BCUT2D eigenvalue weighted by molar-refractivity contribution is 7.80. The molecule has 1 aromatic carbocycles. The molecule has 0 saturated heterocycles. The molecule has 0 atom stereocenters. The summed E-state index contributed by atoms with van der Waals surface area (Å²) in [6.45, 7) is 0.699. The van der Waals surface area contributed by atoms with Crippen LogP contribution in [0.2, 0.25) is 5.02 Å². The summed E-state index contributed by atoms with van der Waals surface area (Å²) in [7, 11) is 0. The highest BCUT2D eigenvalue weighted by Gasteiger charge is 2.04. The first-order valence-electron chi connectivity index (χ1n) is 7.46. The molecule has 3 rings (SSSR count). The van der Waals surface area contributed by atoms with Crippen molar-refractivity contribution in [2.45, 2.75) is 6.42 Å². The number of aromatic nitrogens is 2. The van der Waals surface area contributed by atoms with E-state index in [0.29, 0.717) is 11.7 Å². The number of fused-ring (bicyclic) bond motifs is 1. The van der Waals surface area contributed by atoms with Crippen LogP contribution in [0.3, 0.4) is 0 Å². The molecule has 3 N–H and O–H groups in total. The molecule has 2 aromatic heterocycles. The number of hydrazone groups is 1. The molecule has 0 saturated carbocycles. The standard InChI is InChI=1S/C17H16ClN5S/c18-13-4-5-16-15(9-13)12(10-21-16)6-8-20-17(24)23-22-11-14-3-1-2-7-19-14/h1-5,7,9-11,21H,6,8H2,(H2,20,23,24)/b22-11+. The molecule has 7 heteroatoms. The minimum atomic E-state index is 0.472. The fourth-order valence-electron chi connectivity index (χ4n) is 2.32. The minimum absolute atomic E-state index is 0.472. The fraction of sp³-hybridized carbons (Fsp3) is 0.118. The molecule has 0 fully saturated rings. The molecule has 0 aliphatic heterocycles. The number of nitrogens with zero attached hydrogens (tertiary/aromatic N) is 2. The van der Waals surface area contributed by atoms with E-state index in [2.05, 4.69) is 25.8 Å². The van der Waals surface area contributed by atoms with Crippen LogP contribution in [-0.2, 0) is 6.42 Å². The second kappa shape index (κ2) is 7.90. The van der Waals surface area contributed by atoms with E-state index in [0.717, 1.165) is 28.0 Å². The Labute approximate surface area is 150 Å². The molecule has 122 valence electrons. The maximum Gasteiger partial charge on any atom is 0.186 e. The van der Waals surface area contributed by atoms with Gasteiger partial charge in [-0.2, -0.15) is 5.10 Å². The number of hydrogen-bond donors (Lipinski definition) is 3. The predicted molar refractivity (Wildman–Crippen MR) is 103 cm³/mol. The zero-order valence-corrected chi connectivity index (χ0v) is 14.4. The quantitative estimate of drug-likeness (QED) is 0.372. The van der Waals surface area contributed by atoms with Crippen molar-refractivity contribution in [2.24, 2.45) is 5.10 Å². The van der Waals surface area contributed by atoms with Gasteiger partial charge in [-0.3, -0.25) is 10.4 Å². The Kier molecular flexibility index (Phi) is 5.40. The number of thiocarbonyl (C=S) groups is 1. The van der Waals surface area contributed by atoms with Gasteiger partial charge in [0.15, 0.2) is 5.11 Å². The summed E-state index contributed by atoms with van der Waals surface area (Å²) in [5.74, 6) is 0. The number of rotatable bonds is 5. The second-order valence-corrected chi connectivity index (χ2v) is 5.98. The van der Waals surface area contributed by atoms with E-state index >= 15 is 0 Å². The van der Waals surface area contributed by atoms with Gasteiger partial charge in [-0.1, -0.05) is 17.7 Å². The number of H-pyrrole nitrogens is 1. The Bertz CT molecular complexity index is 860. The van der Waals surface area contributed by atoms with Crippen molar-refractivity contribution in [3.05, 3.63) is 65.1 Å². The summed E-state index contributed by atoms with van der Waals surface area (Å²) >= 11 is 11.3. The van der Waals surface area contributed by atoms with Crippen LogP contribution in [0.15, 0.2) is 53.9 Å². The third kappa shape index (κ3) is 4.31. The summed E-state index contributed by atoms with van der Waals surface area (Å²) in [5, 5.41) is 9.52. The maximum atomic E-state index is 6.06. The van der Waals surface area contributed by atoms with Crippen molar-refractivity contribution in [1.29, 1.82) is 0 Å². The van der Waals surface area contributed by atoms with E-state index in [4.69, 9.17) is 23.8 Å². The van der Waals surface area contributed by atoms with Crippen LogP contribution in [0.5, 0.6) is 0 Å². The van der Waals surface area contributed by atoms with Crippen LogP contribution in [0.25, 0.3) is 10.9 Å². The number of aromatic amines is 1. The number of benzene rings is 1. The van der Waals surface area contributed by atoms with Gasteiger partial charge in [0.05, 0.1) is 11.9 Å². The second-order valence-electron chi connectivity index (χ2n) is 5.13. The van der Waals surface area contributed by atoms with Crippen LogP contribution in [-0.4, -0.2) is 27.8 Å². The van der Waals surface area contributed by atoms with Crippen molar-refractivity contribution >= 4 is 46.0 Å². The lowest BCUT2D eigenvalue weighted by Crippen LogP contribution is -2.33. The zero-order valence-electron chi connectivity index (χ0n) is 12.8. The highest BCUT2D eigenvalue weighted by atomic mass is 35.5. The van der Waals surface area contributed by atoms with Crippen molar-refractivity contribution in [3.63, 3.8) is 0 Å². The van der Waals surface area contributed by atoms with Gasteiger partial charge < -0.3 is 10.3 Å². The van der Waals surface area contributed by atoms with Gasteiger partial charge in [0, 0.05) is 34.9 Å². The molecule has 3 aromatic rings. The topological polar surface area (TPSA) is 65.1 Å². The van der Waals surface area contributed by atoms with Crippen LogP contribution in [0, 0.1) is 0 Å². The Morgan fingerprint density at radius 1 is 1.33 bits per heavy atom. The number of hydrogen-bond acceptors (Lipinski definition) is 3. The van der Waals surface area contributed by atoms with Gasteiger partial charge in [-0.25, -0.2) is 0 Å². The van der Waals surface area contributed by atoms with Gasteiger partial charge in [-0.15, -0.1) is 0 Å². The summed E-state index contributed by atoms with van der Waals surface area (Å²) < 4.78 is 0. The predicted octanol–water partition coefficient (Wildman–Crippen LogP) is 3.26. The normalized spacial score (nSPS) is 11.0. The largest absolute Gasteiger partial charge is 0.361 e. The van der Waals surface area contributed by atoms with E-state index in [1.165, 1.54) is 5.56 Å². The average Bonchev–Trinajstić information content (AvgIpc) is 2.98. The van der Waals surface area contributed by atoms with Gasteiger partial charge in [0.25, 0.3) is 0 Å². The van der Waals surface area contributed by atoms with Crippen LogP contribution >= 0.6 is 23.8 Å². The molecular formula is C17H16ClN5S. The van der Waals surface area contributed by atoms with E-state index in [-0.39, 0.29) is 0 Å². The molecule has 0 spiro atoms. The van der Waals surface area contributed by atoms with Gasteiger partial charge in [0.2, 0.25) is 0 Å². The number of pyridine rings is 1. The van der Waals surface area contributed by atoms with E-state index < -0.39 is 0 Å². The minimum Gasteiger partial charge on any atom is -0.361 e. The van der Waals surface area contributed by atoms with Crippen LogP contribution < -0.4 is 10.7 Å². The van der Waals surface area contributed by atoms with Crippen molar-refractivity contribution in [1.82, 2.24) is 20.7 Å². The molecule has 2 heterocycles.